The average Bonchev–Trinajstić information content (AvgIpc) is 2.95. The molecule has 122 valence electrons. The van der Waals surface area contributed by atoms with Gasteiger partial charge in [-0.2, -0.15) is 0 Å². The zero-order valence-corrected chi connectivity index (χ0v) is 14.2. The van der Waals surface area contributed by atoms with Crippen molar-refractivity contribution >= 4 is 45.5 Å². The molecule has 10 heteroatoms. The summed E-state index contributed by atoms with van der Waals surface area (Å²) in [5.74, 6) is -0.101. The van der Waals surface area contributed by atoms with Gasteiger partial charge in [-0.15, -0.1) is 10.2 Å². The lowest BCUT2D eigenvalue weighted by molar-refractivity contribution is -0.385. The number of aryl methyl sites for hydroxylation is 1. The Bertz CT molecular complexity index is 719. The Morgan fingerprint density at radius 3 is 2.91 bits per heavy atom. The van der Waals surface area contributed by atoms with E-state index in [2.05, 4.69) is 20.8 Å². The summed E-state index contributed by atoms with van der Waals surface area (Å²) in [6, 6.07) is 4.60. The average molecular weight is 353 g/mol. The minimum absolute atomic E-state index is 0.0186. The number of thioether (sulfide) groups is 1. The van der Waals surface area contributed by atoms with Crippen molar-refractivity contribution in [3.8, 4) is 0 Å². The number of aromatic nitrogens is 2. The van der Waals surface area contributed by atoms with Gasteiger partial charge in [-0.25, -0.2) is 0 Å². The highest BCUT2D eigenvalue weighted by Crippen LogP contribution is 2.26. The number of anilines is 2. The van der Waals surface area contributed by atoms with Crippen LogP contribution in [0.25, 0.3) is 0 Å². The van der Waals surface area contributed by atoms with E-state index in [0.717, 1.165) is 6.54 Å². The second kappa shape index (κ2) is 7.88. The monoisotopic (exact) mass is 353 g/mol. The summed E-state index contributed by atoms with van der Waals surface area (Å²) < 4.78 is 0.686. The highest BCUT2D eigenvalue weighted by atomic mass is 32.2. The number of carbonyl (C=O) groups is 1. The topological polar surface area (TPSA) is 110 Å². The Morgan fingerprint density at radius 2 is 2.22 bits per heavy atom. The molecule has 1 aromatic heterocycles. The molecule has 0 fully saturated rings. The van der Waals surface area contributed by atoms with E-state index in [0.29, 0.717) is 20.7 Å². The maximum absolute atomic E-state index is 11.9. The summed E-state index contributed by atoms with van der Waals surface area (Å²) in [7, 11) is 0. The molecule has 1 heterocycles. The number of carbonyl (C=O) groups excluding carboxylic acids is 1. The van der Waals surface area contributed by atoms with Crippen molar-refractivity contribution in [2.45, 2.75) is 18.2 Å². The molecule has 1 amide bonds. The molecule has 0 radical (unpaired) electrons. The lowest BCUT2D eigenvalue weighted by atomic mass is 10.2. The lowest BCUT2D eigenvalue weighted by Crippen LogP contribution is -2.14. The van der Waals surface area contributed by atoms with Crippen LogP contribution in [0.4, 0.5) is 16.5 Å². The Labute approximate surface area is 140 Å². The summed E-state index contributed by atoms with van der Waals surface area (Å²) in [6.45, 7) is 4.37. The number of hydrogen-bond acceptors (Lipinski definition) is 8. The number of rotatable bonds is 7. The van der Waals surface area contributed by atoms with Gasteiger partial charge in [0.05, 0.1) is 10.7 Å². The number of nitro benzene ring substituents is 1. The van der Waals surface area contributed by atoms with Gasteiger partial charge in [-0.05, 0) is 19.9 Å². The van der Waals surface area contributed by atoms with Crippen molar-refractivity contribution in [3.05, 3.63) is 33.9 Å². The summed E-state index contributed by atoms with van der Waals surface area (Å²) in [6.07, 6.45) is 0. The first-order valence-corrected chi connectivity index (χ1v) is 8.55. The van der Waals surface area contributed by atoms with Crippen LogP contribution in [0, 0.1) is 17.0 Å². The molecule has 8 nitrogen and oxygen atoms in total. The first-order chi connectivity index (χ1) is 11.0. The molecule has 0 spiro atoms. The molecule has 2 aromatic rings. The smallest absolute Gasteiger partial charge is 0.274 e. The number of nitro groups is 1. The van der Waals surface area contributed by atoms with Crippen molar-refractivity contribution in [2.24, 2.45) is 0 Å². The van der Waals surface area contributed by atoms with E-state index in [9.17, 15) is 14.9 Å². The molecular formula is C13H15N5O3S2. The van der Waals surface area contributed by atoms with Gasteiger partial charge in [0, 0.05) is 23.9 Å². The molecule has 0 aliphatic carbocycles. The largest absolute Gasteiger partial charge is 0.360 e. The van der Waals surface area contributed by atoms with Gasteiger partial charge in [0.15, 0.2) is 4.34 Å². The van der Waals surface area contributed by atoms with Gasteiger partial charge >= 0.3 is 0 Å². The summed E-state index contributed by atoms with van der Waals surface area (Å²) >= 11 is 2.64. The number of nitrogens with zero attached hydrogens (tertiary/aromatic N) is 3. The van der Waals surface area contributed by atoms with E-state index in [1.54, 1.807) is 19.1 Å². The maximum Gasteiger partial charge on any atom is 0.274 e. The fourth-order valence-electron chi connectivity index (χ4n) is 1.70. The Balaban J connectivity index is 1.91. The zero-order chi connectivity index (χ0) is 16.8. The summed E-state index contributed by atoms with van der Waals surface area (Å²) in [5.41, 5.74) is 0.931. The fraction of sp³-hybridized carbons (Fsp3) is 0.308. The minimum Gasteiger partial charge on any atom is -0.360 e. The normalized spacial score (nSPS) is 10.3. The van der Waals surface area contributed by atoms with Crippen molar-refractivity contribution in [1.82, 2.24) is 10.2 Å². The standard InChI is InChI=1S/C13H15N5O3S2/c1-3-14-12-16-17-13(23-12)22-7-11(19)15-9-5-4-8(2)10(6-9)18(20)21/h4-6H,3,7H2,1-2H3,(H,14,16)(H,15,19). The van der Waals surface area contributed by atoms with Crippen LogP contribution in [0.15, 0.2) is 22.5 Å². The molecule has 0 aliphatic heterocycles. The predicted octanol–water partition coefficient (Wildman–Crippen LogP) is 2.92. The Kier molecular flexibility index (Phi) is 5.88. The number of amides is 1. The third-order valence-electron chi connectivity index (χ3n) is 2.75. The lowest BCUT2D eigenvalue weighted by Gasteiger charge is -2.05. The van der Waals surface area contributed by atoms with E-state index in [1.807, 2.05) is 6.92 Å². The van der Waals surface area contributed by atoms with Crippen LogP contribution < -0.4 is 10.6 Å². The second-order valence-electron chi connectivity index (χ2n) is 4.50. The predicted molar refractivity (Wildman–Crippen MR) is 91.3 cm³/mol. The van der Waals surface area contributed by atoms with E-state index >= 15 is 0 Å². The molecular weight excluding hydrogens is 338 g/mol. The molecule has 2 rings (SSSR count). The van der Waals surface area contributed by atoms with Gasteiger partial charge in [0.2, 0.25) is 11.0 Å². The molecule has 1 aromatic carbocycles. The summed E-state index contributed by atoms with van der Waals surface area (Å²) in [4.78, 5) is 22.3. The Hall–Kier alpha value is -2.20. The van der Waals surface area contributed by atoms with Gasteiger partial charge in [0.25, 0.3) is 5.69 Å². The van der Waals surface area contributed by atoms with Crippen LogP contribution in [0.3, 0.4) is 0 Å². The molecule has 0 saturated heterocycles. The first kappa shape index (κ1) is 17.2. The van der Waals surface area contributed by atoms with Crippen LogP contribution in [0.2, 0.25) is 0 Å². The number of hydrogen-bond donors (Lipinski definition) is 2. The van der Waals surface area contributed by atoms with Crippen LogP contribution >= 0.6 is 23.1 Å². The Morgan fingerprint density at radius 1 is 1.43 bits per heavy atom. The van der Waals surface area contributed by atoms with Crippen molar-refractivity contribution in [2.75, 3.05) is 22.9 Å². The first-order valence-electron chi connectivity index (χ1n) is 6.74. The second-order valence-corrected chi connectivity index (χ2v) is 6.70. The van der Waals surface area contributed by atoms with Gasteiger partial charge in [-0.3, -0.25) is 14.9 Å². The minimum atomic E-state index is -0.469. The summed E-state index contributed by atoms with van der Waals surface area (Å²) in [5, 5.41) is 25.2. The van der Waals surface area contributed by atoms with Crippen LogP contribution in [0.5, 0.6) is 0 Å². The van der Waals surface area contributed by atoms with Crippen molar-refractivity contribution in [1.29, 1.82) is 0 Å². The number of benzene rings is 1. The van der Waals surface area contributed by atoms with E-state index in [-0.39, 0.29) is 17.3 Å². The SMILES string of the molecule is CCNc1nnc(SCC(=O)Nc2ccc(C)c([N+](=O)[O-])c2)s1. The van der Waals surface area contributed by atoms with Gasteiger partial charge < -0.3 is 10.6 Å². The molecule has 0 saturated carbocycles. The van der Waals surface area contributed by atoms with E-state index < -0.39 is 4.92 Å². The van der Waals surface area contributed by atoms with Crippen molar-refractivity contribution in [3.63, 3.8) is 0 Å². The zero-order valence-electron chi connectivity index (χ0n) is 12.5. The third kappa shape index (κ3) is 4.89. The van der Waals surface area contributed by atoms with Crippen LogP contribution in [-0.4, -0.2) is 33.3 Å². The molecule has 0 unspecified atom stereocenters. The van der Waals surface area contributed by atoms with Crippen LogP contribution in [0.1, 0.15) is 12.5 Å². The molecule has 23 heavy (non-hydrogen) atoms. The molecule has 0 atom stereocenters. The molecule has 0 aliphatic rings. The number of nitrogens with one attached hydrogen (secondary N) is 2. The van der Waals surface area contributed by atoms with E-state index in [1.165, 1.54) is 29.2 Å². The fourth-order valence-corrected chi connectivity index (χ4v) is 3.32. The highest BCUT2D eigenvalue weighted by Gasteiger charge is 2.13. The van der Waals surface area contributed by atoms with Crippen LogP contribution in [-0.2, 0) is 4.79 Å². The van der Waals surface area contributed by atoms with Crippen molar-refractivity contribution < 1.29 is 9.72 Å². The third-order valence-corrected chi connectivity index (χ3v) is 4.77. The highest BCUT2D eigenvalue weighted by molar-refractivity contribution is 8.01. The maximum atomic E-state index is 11.9. The van der Waals surface area contributed by atoms with E-state index in [4.69, 9.17) is 0 Å². The molecule has 2 N–H and O–H groups in total. The van der Waals surface area contributed by atoms with Gasteiger partial charge in [-0.1, -0.05) is 29.2 Å². The van der Waals surface area contributed by atoms with Gasteiger partial charge in [0.1, 0.15) is 0 Å². The quantitative estimate of drug-likeness (QED) is 0.447. The molecule has 0 bridgehead atoms.